The number of carbonyl (C=O) groups is 1. The second-order valence-electron chi connectivity index (χ2n) is 6.82. The highest BCUT2D eigenvalue weighted by atomic mass is 32.2. The van der Waals surface area contributed by atoms with Crippen molar-refractivity contribution >= 4 is 21.6 Å². The van der Waals surface area contributed by atoms with Gasteiger partial charge in [0.15, 0.2) is 6.10 Å². The number of carbonyl (C=O) groups excluding carboxylic acids is 1. The number of sulfonamides is 1. The molecular formula is C20H24N2O5S. The lowest BCUT2D eigenvalue weighted by atomic mass is 10.2. The van der Waals surface area contributed by atoms with E-state index >= 15 is 0 Å². The van der Waals surface area contributed by atoms with Gasteiger partial charge in [-0.1, -0.05) is 12.1 Å². The lowest BCUT2D eigenvalue weighted by Gasteiger charge is -2.17. The van der Waals surface area contributed by atoms with E-state index in [1.54, 1.807) is 13.0 Å². The van der Waals surface area contributed by atoms with Gasteiger partial charge < -0.3 is 14.8 Å². The van der Waals surface area contributed by atoms with Gasteiger partial charge >= 0.3 is 0 Å². The first-order chi connectivity index (χ1) is 13.3. The topological polar surface area (TPSA) is 93.7 Å². The second-order valence-corrected chi connectivity index (χ2v) is 8.54. The summed E-state index contributed by atoms with van der Waals surface area (Å²) >= 11 is 0. The molecule has 0 unspecified atom stereocenters. The minimum atomic E-state index is -3.64. The van der Waals surface area contributed by atoms with E-state index in [9.17, 15) is 13.2 Å². The molecule has 150 valence electrons. The first-order valence-corrected chi connectivity index (χ1v) is 10.5. The standard InChI is InChI=1S/C20H24N2O5S/c1-13-5-4-6-16(11-13)27-14(2)20(23)21-18-12-17(9-10-19(18)26-3)28(24,25)22-15-7-8-15/h4-6,9-12,14-15,22H,7-8H2,1-3H3,(H,21,23)/t14-/m0/s1. The monoisotopic (exact) mass is 404 g/mol. The van der Waals surface area contributed by atoms with Gasteiger partial charge in [0.25, 0.3) is 5.91 Å². The summed E-state index contributed by atoms with van der Waals surface area (Å²) < 4.78 is 38.4. The summed E-state index contributed by atoms with van der Waals surface area (Å²) in [6.07, 6.45) is 0.899. The van der Waals surface area contributed by atoms with Crippen LogP contribution in [0.5, 0.6) is 11.5 Å². The molecule has 0 saturated heterocycles. The number of ether oxygens (including phenoxy) is 2. The Labute approximate surface area is 165 Å². The molecule has 2 aromatic carbocycles. The molecule has 2 aromatic rings. The van der Waals surface area contributed by atoms with Gasteiger partial charge in [-0.2, -0.15) is 0 Å². The summed E-state index contributed by atoms with van der Waals surface area (Å²) in [6.45, 7) is 3.56. The van der Waals surface area contributed by atoms with Gasteiger partial charge in [-0.3, -0.25) is 4.79 Å². The Morgan fingerprint density at radius 3 is 2.57 bits per heavy atom. The van der Waals surface area contributed by atoms with Crippen LogP contribution in [0.4, 0.5) is 5.69 Å². The summed E-state index contributed by atoms with van der Waals surface area (Å²) in [4.78, 5) is 12.6. The number of benzene rings is 2. The normalized spacial score (nSPS) is 15.0. The van der Waals surface area contributed by atoms with Gasteiger partial charge in [-0.25, -0.2) is 13.1 Å². The van der Waals surface area contributed by atoms with E-state index in [1.807, 2.05) is 25.1 Å². The van der Waals surface area contributed by atoms with Crippen LogP contribution in [0.2, 0.25) is 0 Å². The van der Waals surface area contributed by atoms with Gasteiger partial charge in [0.2, 0.25) is 10.0 Å². The number of amides is 1. The lowest BCUT2D eigenvalue weighted by molar-refractivity contribution is -0.122. The zero-order valence-electron chi connectivity index (χ0n) is 16.1. The number of nitrogens with one attached hydrogen (secondary N) is 2. The Balaban J connectivity index is 1.75. The van der Waals surface area contributed by atoms with Crippen LogP contribution in [0.3, 0.4) is 0 Å². The van der Waals surface area contributed by atoms with Crippen molar-refractivity contribution in [1.29, 1.82) is 0 Å². The van der Waals surface area contributed by atoms with Gasteiger partial charge in [0.05, 0.1) is 17.7 Å². The van der Waals surface area contributed by atoms with E-state index in [0.717, 1.165) is 18.4 Å². The van der Waals surface area contributed by atoms with Gasteiger partial charge in [0, 0.05) is 6.04 Å². The number of aryl methyl sites for hydroxylation is 1. The Morgan fingerprint density at radius 2 is 1.93 bits per heavy atom. The second kappa shape index (κ2) is 8.20. The smallest absolute Gasteiger partial charge is 0.265 e. The molecule has 1 aliphatic carbocycles. The minimum absolute atomic E-state index is 0.00658. The van der Waals surface area contributed by atoms with Crippen LogP contribution in [0.25, 0.3) is 0 Å². The van der Waals surface area contributed by atoms with Crippen molar-refractivity contribution in [2.45, 2.75) is 43.7 Å². The average Bonchev–Trinajstić information content (AvgIpc) is 3.45. The first kappa shape index (κ1) is 20.2. The fraction of sp³-hybridized carbons (Fsp3) is 0.350. The number of rotatable bonds is 8. The third-order valence-electron chi connectivity index (χ3n) is 4.31. The van der Waals surface area contributed by atoms with Crippen molar-refractivity contribution in [2.24, 2.45) is 0 Å². The highest BCUT2D eigenvalue weighted by Gasteiger charge is 2.28. The molecule has 0 radical (unpaired) electrons. The Hall–Kier alpha value is -2.58. The van der Waals surface area contributed by atoms with Gasteiger partial charge in [-0.15, -0.1) is 0 Å². The largest absolute Gasteiger partial charge is 0.495 e. The quantitative estimate of drug-likeness (QED) is 0.706. The summed E-state index contributed by atoms with van der Waals surface area (Å²) in [6, 6.07) is 11.7. The molecule has 3 rings (SSSR count). The van der Waals surface area contributed by atoms with Gasteiger partial charge in [-0.05, 0) is 62.6 Å². The van der Waals surface area contributed by atoms with Crippen LogP contribution in [-0.2, 0) is 14.8 Å². The van der Waals surface area contributed by atoms with Crippen molar-refractivity contribution < 1.29 is 22.7 Å². The first-order valence-electron chi connectivity index (χ1n) is 9.03. The molecule has 2 N–H and O–H groups in total. The number of methoxy groups -OCH3 is 1. The fourth-order valence-electron chi connectivity index (χ4n) is 2.62. The van der Waals surface area contributed by atoms with Crippen molar-refractivity contribution in [1.82, 2.24) is 4.72 Å². The van der Waals surface area contributed by atoms with E-state index in [-0.39, 0.29) is 16.6 Å². The van der Waals surface area contributed by atoms with Crippen LogP contribution in [-0.4, -0.2) is 33.6 Å². The molecule has 1 fully saturated rings. The Kier molecular flexibility index (Phi) is 5.90. The maximum absolute atomic E-state index is 12.6. The molecule has 0 spiro atoms. The molecule has 0 bridgehead atoms. The van der Waals surface area contributed by atoms with E-state index in [1.165, 1.54) is 25.3 Å². The van der Waals surface area contributed by atoms with Crippen LogP contribution >= 0.6 is 0 Å². The Bertz CT molecular complexity index is 970. The third kappa shape index (κ3) is 5.02. The Morgan fingerprint density at radius 1 is 1.18 bits per heavy atom. The van der Waals surface area contributed by atoms with E-state index in [4.69, 9.17) is 9.47 Å². The third-order valence-corrected chi connectivity index (χ3v) is 5.83. The molecule has 0 aromatic heterocycles. The number of anilines is 1. The summed E-state index contributed by atoms with van der Waals surface area (Å²) in [5.74, 6) is 0.533. The highest BCUT2D eigenvalue weighted by molar-refractivity contribution is 7.89. The highest BCUT2D eigenvalue weighted by Crippen LogP contribution is 2.29. The van der Waals surface area contributed by atoms with Crippen molar-refractivity contribution in [3.63, 3.8) is 0 Å². The van der Waals surface area contributed by atoms with E-state index in [0.29, 0.717) is 11.5 Å². The van der Waals surface area contributed by atoms with Crippen LogP contribution < -0.4 is 19.5 Å². The minimum Gasteiger partial charge on any atom is -0.495 e. The van der Waals surface area contributed by atoms with Crippen molar-refractivity contribution in [3.05, 3.63) is 48.0 Å². The zero-order chi connectivity index (χ0) is 20.3. The molecular weight excluding hydrogens is 380 g/mol. The number of hydrogen-bond acceptors (Lipinski definition) is 5. The van der Waals surface area contributed by atoms with E-state index < -0.39 is 22.0 Å². The summed E-state index contributed by atoms with van der Waals surface area (Å²) in [5, 5.41) is 2.70. The molecule has 1 atom stereocenters. The molecule has 0 aliphatic heterocycles. The van der Waals surface area contributed by atoms with E-state index in [2.05, 4.69) is 10.0 Å². The molecule has 1 aliphatic rings. The molecule has 7 nitrogen and oxygen atoms in total. The van der Waals surface area contributed by atoms with Gasteiger partial charge in [0.1, 0.15) is 11.5 Å². The summed E-state index contributed by atoms with van der Waals surface area (Å²) in [5.41, 5.74) is 1.29. The predicted octanol–water partition coefficient (Wildman–Crippen LogP) is 2.85. The molecule has 28 heavy (non-hydrogen) atoms. The van der Waals surface area contributed by atoms with Crippen LogP contribution in [0.1, 0.15) is 25.3 Å². The maximum Gasteiger partial charge on any atom is 0.265 e. The fourth-order valence-corrected chi connectivity index (χ4v) is 3.95. The SMILES string of the molecule is COc1ccc(S(=O)(=O)NC2CC2)cc1NC(=O)[C@H](C)Oc1cccc(C)c1. The van der Waals surface area contributed by atoms with Crippen molar-refractivity contribution in [2.75, 3.05) is 12.4 Å². The van der Waals surface area contributed by atoms with Crippen LogP contribution in [0.15, 0.2) is 47.4 Å². The predicted molar refractivity (Wildman–Crippen MR) is 106 cm³/mol. The van der Waals surface area contributed by atoms with Crippen molar-refractivity contribution in [3.8, 4) is 11.5 Å². The zero-order valence-corrected chi connectivity index (χ0v) is 16.9. The number of hydrogen-bond donors (Lipinski definition) is 2. The van der Waals surface area contributed by atoms with Crippen LogP contribution in [0, 0.1) is 6.92 Å². The maximum atomic E-state index is 12.6. The molecule has 0 heterocycles. The lowest BCUT2D eigenvalue weighted by Crippen LogP contribution is -2.30. The molecule has 1 amide bonds. The molecule has 1 saturated carbocycles. The summed E-state index contributed by atoms with van der Waals surface area (Å²) in [7, 11) is -2.19. The molecule has 8 heteroatoms. The average molecular weight is 404 g/mol.